The molecule has 0 spiro atoms. The van der Waals surface area contributed by atoms with Crippen molar-refractivity contribution < 1.29 is 14.1 Å². The van der Waals surface area contributed by atoms with Crippen LogP contribution in [0.25, 0.3) is 10.9 Å². The first kappa shape index (κ1) is 16.5. The van der Waals surface area contributed by atoms with Gasteiger partial charge in [0.1, 0.15) is 12.1 Å². The number of amides is 1. The summed E-state index contributed by atoms with van der Waals surface area (Å²) in [6.07, 6.45) is 2.19. The van der Waals surface area contributed by atoms with Crippen LogP contribution in [0.5, 0.6) is 0 Å². The maximum absolute atomic E-state index is 12.0. The smallest absolute Gasteiger partial charge is 0.273 e. The number of para-hydroxylation sites is 1. The molecule has 0 aliphatic carbocycles. The summed E-state index contributed by atoms with van der Waals surface area (Å²) in [5.41, 5.74) is 1.25. The van der Waals surface area contributed by atoms with E-state index in [1.54, 1.807) is 0 Å². The number of ether oxygens (including phenoxy) is 1. The van der Waals surface area contributed by atoms with E-state index in [0.717, 1.165) is 29.7 Å². The van der Waals surface area contributed by atoms with E-state index in [-0.39, 0.29) is 17.7 Å². The molecular formula is C19H20N4O3. The van der Waals surface area contributed by atoms with Gasteiger partial charge in [-0.15, -0.1) is 0 Å². The highest BCUT2D eigenvalue weighted by Crippen LogP contribution is 2.20. The monoisotopic (exact) mass is 352 g/mol. The lowest BCUT2D eigenvalue weighted by Crippen LogP contribution is -2.40. The Morgan fingerprint density at radius 3 is 3.04 bits per heavy atom. The molecule has 1 atom stereocenters. The van der Waals surface area contributed by atoms with Gasteiger partial charge >= 0.3 is 0 Å². The minimum Gasteiger partial charge on any atom is -0.374 e. The van der Waals surface area contributed by atoms with E-state index < -0.39 is 0 Å². The van der Waals surface area contributed by atoms with Crippen LogP contribution in [-0.2, 0) is 4.74 Å². The van der Waals surface area contributed by atoms with Crippen molar-refractivity contribution in [2.75, 3.05) is 31.1 Å². The molecule has 3 heterocycles. The minimum atomic E-state index is -0.262. The number of anilines is 1. The van der Waals surface area contributed by atoms with E-state index in [2.05, 4.69) is 27.5 Å². The molecule has 1 aliphatic rings. The van der Waals surface area contributed by atoms with Gasteiger partial charge in [-0.25, -0.2) is 4.98 Å². The molecule has 1 aromatic carbocycles. The maximum atomic E-state index is 12.0. The lowest BCUT2D eigenvalue weighted by molar-refractivity contribution is 0.0637. The van der Waals surface area contributed by atoms with Crippen LogP contribution in [0.4, 0.5) is 5.82 Å². The molecule has 0 bridgehead atoms. The van der Waals surface area contributed by atoms with Crippen molar-refractivity contribution in [3.8, 4) is 0 Å². The maximum Gasteiger partial charge on any atom is 0.273 e. The Kier molecular flexibility index (Phi) is 4.79. The third-order valence-corrected chi connectivity index (χ3v) is 4.42. The van der Waals surface area contributed by atoms with Gasteiger partial charge in [-0.05, 0) is 24.6 Å². The van der Waals surface area contributed by atoms with Gasteiger partial charge in [0.2, 0.25) is 0 Å². The van der Waals surface area contributed by atoms with Gasteiger partial charge in [-0.2, -0.15) is 0 Å². The van der Waals surface area contributed by atoms with Crippen molar-refractivity contribution in [1.82, 2.24) is 15.5 Å². The van der Waals surface area contributed by atoms with Crippen LogP contribution in [0.1, 0.15) is 16.9 Å². The number of fused-ring (bicyclic) bond motifs is 1. The zero-order valence-corrected chi connectivity index (χ0v) is 14.3. The number of nitrogens with zero attached hydrogens (tertiary/aromatic N) is 3. The average Bonchev–Trinajstić information content (AvgIpc) is 3.12. The van der Waals surface area contributed by atoms with E-state index in [1.165, 1.54) is 12.3 Å². The summed E-state index contributed by atoms with van der Waals surface area (Å²) in [7, 11) is 0. The average molecular weight is 352 g/mol. The normalized spacial score (nSPS) is 17.8. The zero-order chi connectivity index (χ0) is 17.8. The molecule has 1 N–H and O–H groups in total. The molecule has 2 aromatic heterocycles. The summed E-state index contributed by atoms with van der Waals surface area (Å²) in [5.74, 6) is 0.670. The third kappa shape index (κ3) is 3.67. The third-order valence-electron chi connectivity index (χ3n) is 4.42. The highest BCUT2D eigenvalue weighted by atomic mass is 16.5. The molecule has 1 saturated heterocycles. The molecule has 0 saturated carbocycles. The highest BCUT2D eigenvalue weighted by Gasteiger charge is 2.21. The predicted molar refractivity (Wildman–Crippen MR) is 97.1 cm³/mol. The first-order valence-electron chi connectivity index (χ1n) is 8.70. The molecule has 7 nitrogen and oxygen atoms in total. The van der Waals surface area contributed by atoms with E-state index >= 15 is 0 Å². The van der Waals surface area contributed by atoms with Crippen molar-refractivity contribution in [1.29, 1.82) is 0 Å². The van der Waals surface area contributed by atoms with Gasteiger partial charge in [0.15, 0.2) is 5.69 Å². The topological polar surface area (TPSA) is 80.5 Å². The Morgan fingerprint density at radius 1 is 1.23 bits per heavy atom. The molecule has 1 unspecified atom stereocenters. The minimum absolute atomic E-state index is 0.110. The fraction of sp³-hybridized carbons (Fsp3) is 0.316. The second kappa shape index (κ2) is 7.53. The number of nitrogens with one attached hydrogen (secondary N) is 1. The Hall–Kier alpha value is -2.93. The number of carbonyl (C=O) groups excluding carboxylic acids is 1. The summed E-state index contributed by atoms with van der Waals surface area (Å²) in [4.78, 5) is 19.0. The summed E-state index contributed by atoms with van der Waals surface area (Å²) in [5, 5.41) is 7.62. The standard InChI is InChI=1S/C19H20N4O3/c24-19(17-8-11-26-22-17)20-12-15-13-23(9-3-10-25-15)18-7-6-14-4-1-2-5-16(14)21-18/h1-2,4-8,11,15H,3,9-10,12-13H2,(H,20,24). The molecule has 26 heavy (non-hydrogen) atoms. The van der Waals surface area contributed by atoms with Crippen LogP contribution < -0.4 is 10.2 Å². The molecule has 7 heteroatoms. The molecule has 1 aliphatic heterocycles. The number of hydrogen-bond acceptors (Lipinski definition) is 6. The van der Waals surface area contributed by atoms with Crippen LogP contribution in [0, 0.1) is 0 Å². The SMILES string of the molecule is O=C(NCC1CN(c2ccc3ccccc3n2)CCCO1)c1ccon1. The van der Waals surface area contributed by atoms with Gasteiger partial charge in [0.25, 0.3) is 5.91 Å². The molecule has 0 radical (unpaired) electrons. The second-order valence-corrected chi connectivity index (χ2v) is 6.25. The summed E-state index contributed by atoms with van der Waals surface area (Å²) >= 11 is 0. The van der Waals surface area contributed by atoms with Crippen LogP contribution in [0.2, 0.25) is 0 Å². The molecular weight excluding hydrogens is 332 g/mol. The Balaban J connectivity index is 1.44. The van der Waals surface area contributed by atoms with Crippen molar-refractivity contribution in [2.45, 2.75) is 12.5 Å². The number of hydrogen-bond donors (Lipinski definition) is 1. The first-order chi connectivity index (χ1) is 12.8. The summed E-state index contributed by atoms with van der Waals surface area (Å²) < 4.78 is 10.6. The summed E-state index contributed by atoms with van der Waals surface area (Å²) in [6, 6.07) is 13.7. The van der Waals surface area contributed by atoms with Crippen molar-refractivity contribution in [3.05, 3.63) is 54.4 Å². The summed E-state index contributed by atoms with van der Waals surface area (Å²) in [6.45, 7) is 2.62. The van der Waals surface area contributed by atoms with E-state index in [9.17, 15) is 4.79 Å². The number of pyridine rings is 1. The Bertz CT molecular complexity index is 881. The fourth-order valence-corrected chi connectivity index (χ4v) is 3.08. The van der Waals surface area contributed by atoms with Gasteiger partial charge in [-0.3, -0.25) is 4.79 Å². The first-order valence-corrected chi connectivity index (χ1v) is 8.70. The molecule has 4 rings (SSSR count). The lowest BCUT2D eigenvalue weighted by Gasteiger charge is -2.25. The highest BCUT2D eigenvalue weighted by molar-refractivity contribution is 5.91. The molecule has 1 amide bonds. The van der Waals surface area contributed by atoms with E-state index in [1.807, 2.05) is 24.3 Å². The number of benzene rings is 1. The van der Waals surface area contributed by atoms with E-state index in [4.69, 9.17) is 14.2 Å². The predicted octanol–water partition coefficient (Wildman–Crippen LogP) is 2.25. The number of rotatable bonds is 4. The van der Waals surface area contributed by atoms with Crippen molar-refractivity contribution >= 4 is 22.6 Å². The number of aromatic nitrogens is 2. The van der Waals surface area contributed by atoms with Gasteiger partial charge in [0.05, 0.1) is 11.6 Å². The van der Waals surface area contributed by atoms with Crippen LogP contribution in [0.3, 0.4) is 0 Å². The molecule has 134 valence electrons. The van der Waals surface area contributed by atoms with Crippen molar-refractivity contribution in [3.63, 3.8) is 0 Å². The van der Waals surface area contributed by atoms with Crippen molar-refractivity contribution in [2.24, 2.45) is 0 Å². The largest absolute Gasteiger partial charge is 0.374 e. The van der Waals surface area contributed by atoms with Crippen LogP contribution in [-0.4, -0.2) is 48.4 Å². The van der Waals surface area contributed by atoms with Gasteiger partial charge < -0.3 is 19.5 Å². The van der Waals surface area contributed by atoms with Crippen LogP contribution >= 0.6 is 0 Å². The number of carbonyl (C=O) groups is 1. The van der Waals surface area contributed by atoms with Gasteiger partial charge in [-0.1, -0.05) is 23.4 Å². The van der Waals surface area contributed by atoms with Gasteiger partial charge in [0, 0.05) is 37.7 Å². The molecule has 1 fully saturated rings. The van der Waals surface area contributed by atoms with E-state index in [0.29, 0.717) is 19.7 Å². The zero-order valence-electron chi connectivity index (χ0n) is 14.3. The Morgan fingerprint density at radius 2 is 2.15 bits per heavy atom. The van der Waals surface area contributed by atoms with Crippen LogP contribution in [0.15, 0.2) is 53.3 Å². The Labute approximate surface area is 150 Å². The lowest BCUT2D eigenvalue weighted by atomic mass is 10.2. The molecule has 3 aromatic rings. The quantitative estimate of drug-likeness (QED) is 0.776. The second-order valence-electron chi connectivity index (χ2n) is 6.25. The fourth-order valence-electron chi connectivity index (χ4n) is 3.08.